The van der Waals surface area contributed by atoms with Crippen molar-refractivity contribution in [2.75, 3.05) is 6.54 Å². The van der Waals surface area contributed by atoms with E-state index in [2.05, 4.69) is 5.32 Å². The third-order valence-electron chi connectivity index (χ3n) is 3.04. The smallest absolute Gasteiger partial charge is 0.251 e. The molecule has 1 fully saturated rings. The van der Waals surface area contributed by atoms with Gasteiger partial charge in [0.05, 0.1) is 5.60 Å². The van der Waals surface area contributed by atoms with E-state index in [1.807, 2.05) is 22.6 Å². The lowest BCUT2D eigenvalue weighted by atomic mass is 9.80. The third-order valence-corrected chi connectivity index (χ3v) is 3.92. The minimum atomic E-state index is -0.753. The summed E-state index contributed by atoms with van der Waals surface area (Å²) in [5.74, 6) is -0.749. The summed E-state index contributed by atoms with van der Waals surface area (Å²) in [5, 5.41) is 12.4. The quantitative estimate of drug-likeness (QED) is 0.821. The maximum atomic E-state index is 13.3. The summed E-state index contributed by atoms with van der Waals surface area (Å²) in [6.45, 7) is 0.236. The fourth-order valence-electron chi connectivity index (χ4n) is 1.75. The summed E-state index contributed by atoms with van der Waals surface area (Å²) in [7, 11) is 0. The molecular formula is C12H13FINO2. The van der Waals surface area contributed by atoms with E-state index in [1.165, 1.54) is 6.07 Å². The summed E-state index contributed by atoms with van der Waals surface area (Å²) < 4.78 is 13.7. The Hall–Kier alpha value is -0.690. The summed E-state index contributed by atoms with van der Waals surface area (Å²) >= 11 is 1.87. The minimum Gasteiger partial charge on any atom is -0.388 e. The largest absolute Gasteiger partial charge is 0.388 e. The van der Waals surface area contributed by atoms with Gasteiger partial charge in [0, 0.05) is 15.7 Å². The molecule has 17 heavy (non-hydrogen) atoms. The number of carbonyl (C=O) groups is 1. The zero-order valence-corrected chi connectivity index (χ0v) is 11.3. The van der Waals surface area contributed by atoms with E-state index in [1.54, 1.807) is 12.1 Å². The summed E-state index contributed by atoms with van der Waals surface area (Å²) in [5.41, 5.74) is -0.469. The molecule has 1 aliphatic carbocycles. The summed E-state index contributed by atoms with van der Waals surface area (Å²) in [6.07, 6.45) is 2.42. The van der Waals surface area contributed by atoms with E-state index < -0.39 is 11.4 Å². The second-order valence-electron chi connectivity index (χ2n) is 4.39. The molecule has 0 atom stereocenters. The zero-order valence-electron chi connectivity index (χ0n) is 9.17. The molecule has 1 aromatic rings. The molecule has 0 aromatic heterocycles. The Labute approximate surface area is 113 Å². The van der Waals surface area contributed by atoms with Gasteiger partial charge in [-0.05, 0) is 60.1 Å². The molecule has 0 spiro atoms. The summed E-state index contributed by atoms with van der Waals surface area (Å²) in [6, 6.07) is 4.34. The number of aliphatic hydroxyl groups is 1. The normalized spacial score (nSPS) is 17.4. The van der Waals surface area contributed by atoms with Crippen molar-refractivity contribution < 1.29 is 14.3 Å². The van der Waals surface area contributed by atoms with Gasteiger partial charge < -0.3 is 10.4 Å². The molecule has 0 unspecified atom stereocenters. The Morgan fingerprint density at radius 1 is 1.53 bits per heavy atom. The van der Waals surface area contributed by atoms with Crippen LogP contribution >= 0.6 is 22.6 Å². The first-order valence-corrected chi connectivity index (χ1v) is 6.54. The zero-order chi connectivity index (χ0) is 12.5. The SMILES string of the molecule is O=C(NCC1(O)CCC1)c1ccc(I)c(F)c1. The Morgan fingerprint density at radius 2 is 2.24 bits per heavy atom. The molecule has 1 aliphatic rings. The highest BCUT2D eigenvalue weighted by Gasteiger charge is 2.34. The fourth-order valence-corrected chi connectivity index (χ4v) is 2.08. The van der Waals surface area contributed by atoms with Gasteiger partial charge in [-0.3, -0.25) is 4.79 Å². The Bertz CT molecular complexity index is 446. The first-order valence-electron chi connectivity index (χ1n) is 5.46. The number of nitrogens with one attached hydrogen (secondary N) is 1. The molecule has 2 rings (SSSR count). The van der Waals surface area contributed by atoms with Crippen molar-refractivity contribution >= 4 is 28.5 Å². The molecule has 5 heteroatoms. The van der Waals surface area contributed by atoms with Crippen LogP contribution in [0.4, 0.5) is 4.39 Å². The molecule has 1 amide bonds. The molecule has 1 saturated carbocycles. The van der Waals surface area contributed by atoms with Crippen LogP contribution < -0.4 is 5.32 Å². The predicted molar refractivity (Wildman–Crippen MR) is 70.3 cm³/mol. The lowest BCUT2D eigenvalue weighted by molar-refractivity contribution is -0.0300. The van der Waals surface area contributed by atoms with Gasteiger partial charge in [-0.15, -0.1) is 0 Å². The van der Waals surface area contributed by atoms with Crippen LogP contribution in [0, 0.1) is 9.39 Å². The van der Waals surface area contributed by atoms with Crippen molar-refractivity contribution in [3.8, 4) is 0 Å². The second-order valence-corrected chi connectivity index (χ2v) is 5.55. The molecule has 0 saturated heterocycles. The topological polar surface area (TPSA) is 49.3 Å². The average Bonchev–Trinajstić information content (AvgIpc) is 2.27. The summed E-state index contributed by atoms with van der Waals surface area (Å²) in [4.78, 5) is 11.7. The fraction of sp³-hybridized carbons (Fsp3) is 0.417. The van der Waals surface area contributed by atoms with Gasteiger partial charge in [0.15, 0.2) is 0 Å². The minimum absolute atomic E-state index is 0.236. The predicted octanol–water partition coefficient (Wildman–Crippen LogP) is 2.08. The van der Waals surface area contributed by atoms with Crippen LogP contribution in [0.2, 0.25) is 0 Å². The second kappa shape index (κ2) is 4.89. The van der Waals surface area contributed by atoms with Crippen molar-refractivity contribution in [1.82, 2.24) is 5.32 Å². The van der Waals surface area contributed by atoms with Crippen LogP contribution in [0.3, 0.4) is 0 Å². The van der Waals surface area contributed by atoms with Gasteiger partial charge in [-0.25, -0.2) is 4.39 Å². The monoisotopic (exact) mass is 349 g/mol. The van der Waals surface area contributed by atoms with E-state index >= 15 is 0 Å². The Morgan fingerprint density at radius 3 is 2.76 bits per heavy atom. The van der Waals surface area contributed by atoms with Gasteiger partial charge in [0.1, 0.15) is 5.82 Å². The number of amides is 1. The number of halogens is 2. The number of benzene rings is 1. The van der Waals surface area contributed by atoms with Gasteiger partial charge in [0.2, 0.25) is 0 Å². The molecule has 2 N–H and O–H groups in total. The average molecular weight is 349 g/mol. The van der Waals surface area contributed by atoms with Crippen molar-refractivity contribution in [1.29, 1.82) is 0 Å². The molecule has 0 bridgehead atoms. The highest BCUT2D eigenvalue weighted by Crippen LogP contribution is 2.30. The highest BCUT2D eigenvalue weighted by atomic mass is 127. The number of rotatable bonds is 3. The van der Waals surface area contributed by atoms with Gasteiger partial charge in [-0.1, -0.05) is 0 Å². The lowest BCUT2D eigenvalue weighted by Gasteiger charge is -2.36. The van der Waals surface area contributed by atoms with Crippen LogP contribution in [0.1, 0.15) is 29.6 Å². The number of hydrogen-bond acceptors (Lipinski definition) is 2. The maximum absolute atomic E-state index is 13.3. The van der Waals surface area contributed by atoms with Crippen molar-refractivity contribution in [3.63, 3.8) is 0 Å². The third kappa shape index (κ3) is 2.95. The van der Waals surface area contributed by atoms with Crippen LogP contribution in [0.25, 0.3) is 0 Å². The van der Waals surface area contributed by atoms with Crippen LogP contribution in [-0.2, 0) is 0 Å². The van der Waals surface area contributed by atoms with E-state index in [0.29, 0.717) is 16.4 Å². The molecule has 3 nitrogen and oxygen atoms in total. The molecular weight excluding hydrogens is 336 g/mol. The van der Waals surface area contributed by atoms with E-state index in [9.17, 15) is 14.3 Å². The van der Waals surface area contributed by atoms with E-state index in [4.69, 9.17) is 0 Å². The van der Waals surface area contributed by atoms with Crippen LogP contribution in [0.15, 0.2) is 18.2 Å². The number of carbonyl (C=O) groups excluding carboxylic acids is 1. The molecule has 0 heterocycles. The van der Waals surface area contributed by atoms with Crippen LogP contribution in [0.5, 0.6) is 0 Å². The first-order chi connectivity index (χ1) is 8.00. The molecule has 92 valence electrons. The van der Waals surface area contributed by atoms with E-state index in [-0.39, 0.29) is 18.0 Å². The van der Waals surface area contributed by atoms with Crippen molar-refractivity contribution in [3.05, 3.63) is 33.1 Å². The van der Waals surface area contributed by atoms with Crippen LogP contribution in [-0.4, -0.2) is 23.2 Å². The van der Waals surface area contributed by atoms with Gasteiger partial charge >= 0.3 is 0 Å². The highest BCUT2D eigenvalue weighted by molar-refractivity contribution is 14.1. The molecule has 0 aliphatic heterocycles. The van der Waals surface area contributed by atoms with Crippen molar-refractivity contribution in [2.45, 2.75) is 24.9 Å². The molecule has 1 aromatic carbocycles. The lowest BCUT2D eigenvalue weighted by Crippen LogP contribution is -2.47. The maximum Gasteiger partial charge on any atom is 0.251 e. The van der Waals surface area contributed by atoms with Gasteiger partial charge in [-0.2, -0.15) is 0 Å². The Balaban J connectivity index is 1.97. The molecule has 0 radical (unpaired) electrons. The van der Waals surface area contributed by atoms with Gasteiger partial charge in [0.25, 0.3) is 5.91 Å². The number of hydrogen-bond donors (Lipinski definition) is 2. The van der Waals surface area contributed by atoms with Crippen molar-refractivity contribution in [2.24, 2.45) is 0 Å². The first kappa shape index (κ1) is 12.8. The standard InChI is InChI=1S/C12H13FINO2/c13-9-6-8(2-3-10(9)14)11(16)15-7-12(17)4-1-5-12/h2-3,6,17H,1,4-5,7H2,(H,15,16). The van der Waals surface area contributed by atoms with E-state index in [0.717, 1.165) is 6.42 Å². The Kier molecular flexibility index (Phi) is 3.67.